The minimum atomic E-state index is -0.239. The van der Waals surface area contributed by atoms with Crippen molar-refractivity contribution >= 4 is 93.4 Å². The summed E-state index contributed by atoms with van der Waals surface area (Å²) >= 11 is 1.86. The van der Waals surface area contributed by atoms with Crippen LogP contribution in [0, 0.1) is 0 Å². The zero-order valence-electron chi connectivity index (χ0n) is 28.4. The van der Waals surface area contributed by atoms with Gasteiger partial charge in [0.15, 0.2) is 0 Å². The molecule has 0 radical (unpaired) electrons. The Bertz CT molecular complexity index is 3070. The van der Waals surface area contributed by atoms with Gasteiger partial charge in [0.2, 0.25) is 5.95 Å². The number of benzene rings is 8. The van der Waals surface area contributed by atoms with E-state index in [1.165, 1.54) is 58.3 Å². The average molecular weight is 667 g/mol. The number of para-hydroxylation sites is 1. The van der Waals surface area contributed by atoms with Crippen molar-refractivity contribution < 1.29 is 1.37 Å². The Kier molecular flexibility index (Phi) is 5.99. The highest BCUT2D eigenvalue weighted by Crippen LogP contribution is 2.54. The van der Waals surface area contributed by atoms with Crippen LogP contribution < -0.4 is 15.7 Å². The number of thiophene rings is 1. The summed E-state index contributed by atoms with van der Waals surface area (Å²) in [6.07, 6.45) is 0. The Morgan fingerprint density at radius 1 is 0.549 bits per heavy atom. The molecule has 0 N–H and O–H groups in total. The highest BCUT2D eigenvalue weighted by atomic mass is 32.1. The molecule has 0 saturated carbocycles. The van der Waals surface area contributed by atoms with Gasteiger partial charge in [0.05, 0.1) is 12.6 Å². The van der Waals surface area contributed by atoms with Crippen LogP contribution >= 0.6 is 11.3 Å². The summed E-state index contributed by atoms with van der Waals surface area (Å²) in [5.41, 5.74) is 8.32. The molecule has 10 aromatic rings. The van der Waals surface area contributed by atoms with Crippen molar-refractivity contribution in [2.24, 2.45) is 0 Å². The van der Waals surface area contributed by atoms with Crippen molar-refractivity contribution in [2.75, 3.05) is 4.81 Å². The van der Waals surface area contributed by atoms with E-state index in [1.54, 1.807) is 0 Å². The average Bonchev–Trinajstić information content (AvgIpc) is 3.60. The number of rotatable bonds is 3. The molecule has 11 rings (SSSR count). The lowest BCUT2D eigenvalue weighted by Gasteiger charge is -2.39. The highest BCUT2D eigenvalue weighted by Gasteiger charge is 2.42. The van der Waals surface area contributed by atoms with E-state index in [0.29, 0.717) is 12.0 Å². The molecule has 1 aliphatic heterocycles. The Morgan fingerprint density at radius 3 is 2.10 bits per heavy atom. The monoisotopic (exact) mass is 666 g/mol. The van der Waals surface area contributed by atoms with E-state index < -0.39 is 0 Å². The lowest BCUT2D eigenvalue weighted by Crippen LogP contribution is -2.58. The molecule has 5 heteroatoms. The van der Waals surface area contributed by atoms with Crippen molar-refractivity contribution in [2.45, 2.75) is 0 Å². The van der Waals surface area contributed by atoms with E-state index in [-0.39, 0.29) is 6.85 Å². The molecule has 3 nitrogen and oxygen atoms in total. The molecule has 0 aliphatic carbocycles. The van der Waals surface area contributed by atoms with Gasteiger partial charge in [0.25, 0.3) is 0 Å². The van der Waals surface area contributed by atoms with Gasteiger partial charge < -0.3 is 4.81 Å². The largest absolute Gasteiger partial charge is 0.345 e. The van der Waals surface area contributed by atoms with E-state index in [1.807, 2.05) is 47.7 Å². The predicted molar refractivity (Wildman–Crippen MR) is 218 cm³/mol. The number of fused-ring (bicyclic) bond motifs is 13. The van der Waals surface area contributed by atoms with E-state index in [9.17, 15) is 0 Å². The summed E-state index contributed by atoms with van der Waals surface area (Å²) in [5, 5.41) is 8.27. The first-order valence-electron chi connectivity index (χ1n) is 17.8. The van der Waals surface area contributed by atoms with E-state index in [2.05, 4.69) is 132 Å². The number of aromatic nitrogens is 2. The molecule has 8 aromatic carbocycles. The van der Waals surface area contributed by atoms with Crippen LogP contribution in [0.5, 0.6) is 0 Å². The molecule has 0 bridgehead atoms. The van der Waals surface area contributed by atoms with Crippen LogP contribution in [0.1, 0.15) is 1.37 Å². The van der Waals surface area contributed by atoms with Crippen molar-refractivity contribution in [1.29, 1.82) is 0 Å². The third kappa shape index (κ3) is 4.19. The van der Waals surface area contributed by atoms with Gasteiger partial charge in [-0.3, -0.25) is 0 Å². The summed E-state index contributed by atoms with van der Waals surface area (Å²) in [6, 6.07) is 58.2. The molecular formula is C46H28BN3S. The molecule has 0 spiro atoms. The van der Waals surface area contributed by atoms with Gasteiger partial charge in [-0.25, -0.2) is 9.97 Å². The smallest absolute Gasteiger partial charge is 0.332 e. The Morgan fingerprint density at radius 2 is 1.24 bits per heavy atom. The van der Waals surface area contributed by atoms with E-state index in [0.717, 1.165) is 33.3 Å². The fourth-order valence-corrected chi connectivity index (χ4v) is 9.52. The third-order valence-corrected chi connectivity index (χ3v) is 11.6. The zero-order chi connectivity index (χ0) is 34.3. The normalized spacial score (nSPS) is 12.9. The van der Waals surface area contributed by atoms with Gasteiger partial charge >= 0.3 is 6.85 Å². The minimum absolute atomic E-state index is 0.239. The summed E-state index contributed by atoms with van der Waals surface area (Å²) < 4.78 is 11.5. The molecule has 1 aliphatic rings. The number of anilines is 2. The van der Waals surface area contributed by atoms with Gasteiger partial charge in [-0.2, -0.15) is 0 Å². The molecular weight excluding hydrogens is 637 g/mol. The summed E-state index contributed by atoms with van der Waals surface area (Å²) in [7, 11) is 0. The first-order valence-corrected chi connectivity index (χ1v) is 18.1. The topological polar surface area (TPSA) is 29.0 Å². The Labute approximate surface area is 300 Å². The van der Waals surface area contributed by atoms with Crippen LogP contribution in [-0.4, -0.2) is 16.8 Å². The maximum Gasteiger partial charge on any atom is 0.332 e. The first kappa shape index (κ1) is 27.5. The van der Waals surface area contributed by atoms with Crippen molar-refractivity contribution in [3.8, 4) is 22.4 Å². The van der Waals surface area contributed by atoms with E-state index >= 15 is 0 Å². The second-order valence-electron chi connectivity index (χ2n) is 13.2. The van der Waals surface area contributed by atoms with Crippen molar-refractivity contribution in [3.63, 3.8) is 0 Å². The standard InChI is InChI=1S/C46H28BN3S/c1-3-16-30(17-4-1)43-35-23-11-13-25-38(35)48-46(49-43)50-44-41(33-21-9-10-22-34(33)45-42(44)36-24-12-14-26-39(36)51-45)40-32-20-8-7-15-29(32)27-28-37(40)47(50)31-18-5-2-6-19-31/h1-28H/i16D. The molecule has 0 amide bonds. The van der Waals surface area contributed by atoms with Crippen molar-refractivity contribution in [1.82, 2.24) is 9.97 Å². The molecule has 236 valence electrons. The van der Waals surface area contributed by atoms with Gasteiger partial charge in [-0.15, -0.1) is 11.3 Å². The second-order valence-corrected chi connectivity index (χ2v) is 14.2. The molecule has 0 saturated heterocycles. The Balaban J connectivity index is 1.38. The third-order valence-electron chi connectivity index (χ3n) is 10.4. The second kappa shape index (κ2) is 11.1. The predicted octanol–water partition coefficient (Wildman–Crippen LogP) is 10.9. The van der Waals surface area contributed by atoms with Gasteiger partial charge in [-0.1, -0.05) is 163 Å². The van der Waals surface area contributed by atoms with Crippen molar-refractivity contribution in [3.05, 3.63) is 170 Å². The maximum absolute atomic E-state index is 8.96. The van der Waals surface area contributed by atoms with Gasteiger partial charge in [0.1, 0.15) is 0 Å². The summed E-state index contributed by atoms with van der Waals surface area (Å²) in [4.78, 5) is 13.4. The molecule has 51 heavy (non-hydrogen) atoms. The maximum atomic E-state index is 8.96. The molecule has 0 atom stereocenters. The van der Waals surface area contributed by atoms with Crippen LogP contribution in [-0.2, 0) is 0 Å². The van der Waals surface area contributed by atoms with Crippen LogP contribution in [0.25, 0.3) is 75.0 Å². The van der Waals surface area contributed by atoms with Crippen LogP contribution in [0.2, 0.25) is 0 Å². The minimum Gasteiger partial charge on any atom is -0.345 e. The van der Waals surface area contributed by atoms with E-state index in [4.69, 9.17) is 11.3 Å². The van der Waals surface area contributed by atoms with Gasteiger partial charge in [-0.05, 0) is 39.3 Å². The number of hydrogen-bond acceptors (Lipinski definition) is 4. The molecule has 3 heterocycles. The lowest BCUT2D eigenvalue weighted by molar-refractivity contribution is 1.16. The molecule has 2 aromatic heterocycles. The van der Waals surface area contributed by atoms with Crippen LogP contribution in [0.4, 0.5) is 11.6 Å². The summed E-state index contributed by atoms with van der Waals surface area (Å²) in [5.74, 6) is 0.609. The van der Waals surface area contributed by atoms with Gasteiger partial charge in [0, 0.05) is 47.8 Å². The quantitative estimate of drug-likeness (QED) is 0.176. The van der Waals surface area contributed by atoms with Crippen LogP contribution in [0.15, 0.2) is 170 Å². The number of hydrogen-bond donors (Lipinski definition) is 0. The summed E-state index contributed by atoms with van der Waals surface area (Å²) in [6.45, 7) is -0.239. The first-order chi connectivity index (χ1) is 25.7. The SMILES string of the molecule is [2H]c1ccccc1-c1nc(N2B(c3ccccc3)c3ccc4ccccc4c3-c3c2c2c4ccccc4sc2c2ccccc32)nc2ccccc12. The molecule has 0 unspecified atom stereocenters. The zero-order valence-corrected chi connectivity index (χ0v) is 28.2. The highest BCUT2D eigenvalue weighted by molar-refractivity contribution is 7.27. The molecule has 0 fully saturated rings. The lowest BCUT2D eigenvalue weighted by atomic mass is 9.45. The number of nitrogens with zero attached hydrogens (tertiary/aromatic N) is 3. The fourth-order valence-electron chi connectivity index (χ4n) is 8.28. The fraction of sp³-hybridized carbons (Fsp3) is 0. The van der Waals surface area contributed by atoms with Crippen LogP contribution in [0.3, 0.4) is 0 Å². The Hall–Kier alpha value is -6.30.